The van der Waals surface area contributed by atoms with Gasteiger partial charge in [-0.15, -0.1) is 11.8 Å². The molecule has 1 aliphatic heterocycles. The SMILES string of the molecule is CCSC1=NOC(CNC(=O)CC[C@H](NC(=O)OCc2ccccc2)C(N)=O)C1. The van der Waals surface area contributed by atoms with Gasteiger partial charge in [-0.3, -0.25) is 9.59 Å². The zero-order valence-corrected chi connectivity index (χ0v) is 17.1. The van der Waals surface area contributed by atoms with Crippen molar-refractivity contribution in [2.45, 2.75) is 44.9 Å². The highest BCUT2D eigenvalue weighted by Crippen LogP contribution is 2.18. The predicted molar refractivity (Wildman–Crippen MR) is 110 cm³/mol. The molecule has 0 aromatic heterocycles. The molecule has 3 amide bonds. The number of ether oxygens (including phenoxy) is 1. The van der Waals surface area contributed by atoms with Crippen molar-refractivity contribution in [3.8, 4) is 0 Å². The van der Waals surface area contributed by atoms with E-state index in [0.29, 0.717) is 13.0 Å². The van der Waals surface area contributed by atoms with Gasteiger partial charge < -0.3 is 25.9 Å². The van der Waals surface area contributed by atoms with Crippen molar-refractivity contribution in [2.24, 2.45) is 10.9 Å². The molecule has 158 valence electrons. The molecule has 29 heavy (non-hydrogen) atoms. The summed E-state index contributed by atoms with van der Waals surface area (Å²) in [5, 5.41) is 10.0. The van der Waals surface area contributed by atoms with Gasteiger partial charge in [0.25, 0.3) is 0 Å². The van der Waals surface area contributed by atoms with Crippen LogP contribution in [0.15, 0.2) is 35.5 Å². The topological polar surface area (TPSA) is 132 Å². The summed E-state index contributed by atoms with van der Waals surface area (Å²) in [4.78, 5) is 40.7. The number of rotatable bonds is 10. The zero-order valence-electron chi connectivity index (χ0n) is 16.3. The van der Waals surface area contributed by atoms with Crippen molar-refractivity contribution in [3.63, 3.8) is 0 Å². The number of alkyl carbamates (subject to hydrolysis) is 1. The second kappa shape index (κ2) is 11.9. The highest BCUT2D eigenvalue weighted by molar-refractivity contribution is 8.13. The van der Waals surface area contributed by atoms with Gasteiger partial charge in [-0.1, -0.05) is 42.4 Å². The van der Waals surface area contributed by atoms with E-state index < -0.39 is 18.0 Å². The molecule has 0 fully saturated rings. The van der Waals surface area contributed by atoms with Gasteiger partial charge >= 0.3 is 6.09 Å². The summed E-state index contributed by atoms with van der Waals surface area (Å²) >= 11 is 1.61. The van der Waals surface area contributed by atoms with E-state index in [9.17, 15) is 14.4 Å². The second-order valence-corrected chi connectivity index (χ2v) is 7.69. The molecule has 1 aliphatic rings. The fourth-order valence-corrected chi connectivity index (χ4v) is 3.28. The number of carbonyl (C=O) groups is 3. The maximum Gasteiger partial charge on any atom is 0.408 e. The first-order valence-corrected chi connectivity index (χ1v) is 10.3. The average Bonchev–Trinajstić information content (AvgIpc) is 3.16. The Hall–Kier alpha value is -2.75. The van der Waals surface area contributed by atoms with Gasteiger partial charge in [-0.2, -0.15) is 0 Å². The highest BCUT2D eigenvalue weighted by Gasteiger charge is 2.23. The van der Waals surface area contributed by atoms with E-state index in [2.05, 4.69) is 15.8 Å². The van der Waals surface area contributed by atoms with E-state index in [0.717, 1.165) is 16.4 Å². The molecule has 0 aliphatic carbocycles. The van der Waals surface area contributed by atoms with Crippen LogP contribution >= 0.6 is 11.8 Å². The molecule has 1 unspecified atom stereocenters. The minimum absolute atomic E-state index is 0.0245. The fourth-order valence-electron chi connectivity index (χ4n) is 2.55. The molecule has 2 rings (SSSR count). The Morgan fingerprint density at radius 2 is 2.10 bits per heavy atom. The maximum atomic E-state index is 12.0. The highest BCUT2D eigenvalue weighted by atomic mass is 32.2. The van der Waals surface area contributed by atoms with Crippen LogP contribution in [-0.2, 0) is 25.8 Å². The summed E-state index contributed by atoms with van der Waals surface area (Å²) < 4.78 is 5.07. The molecular formula is C19H26N4O5S. The van der Waals surface area contributed by atoms with Crippen LogP contribution in [0, 0.1) is 0 Å². The fraction of sp³-hybridized carbons (Fsp3) is 0.474. The van der Waals surface area contributed by atoms with Crippen LogP contribution in [0.4, 0.5) is 4.79 Å². The number of nitrogens with zero attached hydrogens (tertiary/aromatic N) is 1. The van der Waals surface area contributed by atoms with Gasteiger partial charge in [-0.05, 0) is 17.7 Å². The van der Waals surface area contributed by atoms with Crippen LogP contribution in [0.2, 0.25) is 0 Å². The Balaban J connectivity index is 1.67. The van der Waals surface area contributed by atoms with E-state index in [4.69, 9.17) is 15.3 Å². The average molecular weight is 423 g/mol. The van der Waals surface area contributed by atoms with Crippen molar-refractivity contribution in [3.05, 3.63) is 35.9 Å². The van der Waals surface area contributed by atoms with Crippen molar-refractivity contribution >= 4 is 34.7 Å². The minimum atomic E-state index is -0.998. The summed E-state index contributed by atoms with van der Waals surface area (Å²) in [7, 11) is 0. The molecular weight excluding hydrogens is 396 g/mol. The van der Waals surface area contributed by atoms with Crippen LogP contribution in [0.25, 0.3) is 0 Å². The van der Waals surface area contributed by atoms with E-state index in [1.54, 1.807) is 11.8 Å². The molecule has 0 saturated carbocycles. The lowest BCUT2D eigenvalue weighted by Gasteiger charge is -2.16. The lowest BCUT2D eigenvalue weighted by molar-refractivity contribution is -0.122. The van der Waals surface area contributed by atoms with Crippen molar-refractivity contribution in [2.75, 3.05) is 12.3 Å². The first-order valence-electron chi connectivity index (χ1n) is 9.36. The summed E-state index contributed by atoms with van der Waals surface area (Å²) in [5.41, 5.74) is 6.13. The molecule has 0 spiro atoms. The number of oxime groups is 1. The first kappa shape index (κ1) is 22.5. The molecule has 0 radical (unpaired) electrons. The van der Waals surface area contributed by atoms with Gasteiger partial charge in [-0.25, -0.2) is 4.79 Å². The zero-order chi connectivity index (χ0) is 21.1. The summed E-state index contributed by atoms with van der Waals surface area (Å²) in [6.45, 7) is 2.42. The number of primary amides is 1. The summed E-state index contributed by atoms with van der Waals surface area (Å²) in [6.07, 6.45) is -0.198. The molecule has 0 bridgehead atoms. The number of carbonyl (C=O) groups excluding carboxylic acids is 3. The largest absolute Gasteiger partial charge is 0.445 e. The number of nitrogens with two attached hydrogens (primary N) is 1. The number of nitrogens with one attached hydrogen (secondary N) is 2. The summed E-state index contributed by atoms with van der Waals surface area (Å²) in [5.74, 6) is -0.0876. The minimum Gasteiger partial charge on any atom is -0.445 e. The van der Waals surface area contributed by atoms with E-state index in [1.165, 1.54) is 0 Å². The third-order valence-electron chi connectivity index (χ3n) is 4.05. The molecule has 9 nitrogen and oxygen atoms in total. The first-order chi connectivity index (χ1) is 14.0. The Morgan fingerprint density at radius 3 is 2.79 bits per heavy atom. The van der Waals surface area contributed by atoms with Gasteiger partial charge in [0.05, 0.1) is 6.54 Å². The van der Waals surface area contributed by atoms with Crippen LogP contribution in [0.5, 0.6) is 0 Å². The number of hydrogen-bond acceptors (Lipinski definition) is 7. The normalized spacial score (nSPS) is 16.3. The third-order valence-corrected chi connectivity index (χ3v) is 4.92. The van der Waals surface area contributed by atoms with E-state index in [1.807, 2.05) is 37.3 Å². The van der Waals surface area contributed by atoms with E-state index >= 15 is 0 Å². The maximum absolute atomic E-state index is 12.0. The summed E-state index contributed by atoms with van der Waals surface area (Å²) in [6, 6.07) is 8.13. The molecule has 1 aromatic carbocycles. The van der Waals surface area contributed by atoms with Crippen molar-refractivity contribution < 1.29 is 24.0 Å². The predicted octanol–water partition coefficient (Wildman–Crippen LogP) is 1.52. The number of thioether (sulfide) groups is 1. The molecule has 4 N–H and O–H groups in total. The lowest BCUT2D eigenvalue weighted by Crippen LogP contribution is -2.45. The Morgan fingerprint density at radius 1 is 1.34 bits per heavy atom. The number of benzene rings is 1. The van der Waals surface area contributed by atoms with Crippen LogP contribution in [0.3, 0.4) is 0 Å². The Bertz CT molecular complexity index is 729. The standard InChI is InChI=1S/C19H26N4O5S/c1-2-29-17-10-14(28-23-17)11-21-16(24)9-8-15(18(20)25)22-19(26)27-12-13-6-4-3-5-7-13/h3-7,14-15H,2,8-12H2,1H3,(H2,20,25)(H,21,24)(H,22,26)/t14?,15-/m0/s1. The Labute approximate surface area is 173 Å². The van der Waals surface area contributed by atoms with Crippen LogP contribution in [0.1, 0.15) is 31.7 Å². The van der Waals surface area contributed by atoms with Crippen molar-refractivity contribution in [1.82, 2.24) is 10.6 Å². The van der Waals surface area contributed by atoms with Crippen LogP contribution in [-0.4, -0.2) is 47.4 Å². The third kappa shape index (κ3) is 8.43. The molecule has 1 aromatic rings. The molecule has 0 saturated heterocycles. The monoisotopic (exact) mass is 422 g/mol. The second-order valence-electron chi connectivity index (χ2n) is 6.35. The van der Waals surface area contributed by atoms with Crippen LogP contribution < -0.4 is 16.4 Å². The van der Waals surface area contributed by atoms with Gasteiger partial charge in [0.2, 0.25) is 11.8 Å². The quantitative estimate of drug-likeness (QED) is 0.524. The molecule has 1 heterocycles. The Kier molecular flexibility index (Phi) is 9.29. The van der Waals surface area contributed by atoms with Gasteiger partial charge in [0, 0.05) is 12.8 Å². The van der Waals surface area contributed by atoms with Gasteiger partial charge in [0.1, 0.15) is 17.7 Å². The number of hydrogen-bond donors (Lipinski definition) is 3. The molecule has 10 heteroatoms. The van der Waals surface area contributed by atoms with Gasteiger partial charge in [0.15, 0.2) is 6.10 Å². The van der Waals surface area contributed by atoms with Crippen molar-refractivity contribution in [1.29, 1.82) is 0 Å². The lowest BCUT2D eigenvalue weighted by atomic mass is 10.1. The molecule has 2 atom stereocenters. The van der Waals surface area contributed by atoms with E-state index in [-0.39, 0.29) is 31.5 Å². The smallest absolute Gasteiger partial charge is 0.408 e. The number of amides is 3.